The molecule has 1 heterocycles. The second kappa shape index (κ2) is 5.44. The third kappa shape index (κ3) is 2.68. The molecule has 0 bridgehead atoms. The summed E-state index contributed by atoms with van der Waals surface area (Å²) in [6, 6.07) is 15.7. The summed E-state index contributed by atoms with van der Waals surface area (Å²) in [6.07, 6.45) is 3.12. The van der Waals surface area contributed by atoms with Crippen LogP contribution in [0.4, 0.5) is 0 Å². The first kappa shape index (κ1) is 13.4. The lowest BCUT2D eigenvalue weighted by molar-refractivity contribution is 0.0697. The Labute approximate surface area is 123 Å². The van der Waals surface area contributed by atoms with Crippen LogP contribution in [0.5, 0.6) is 0 Å². The molecule has 0 aliphatic carbocycles. The van der Waals surface area contributed by atoms with E-state index >= 15 is 0 Å². The first-order chi connectivity index (χ1) is 10.2. The van der Waals surface area contributed by atoms with Gasteiger partial charge in [-0.3, -0.25) is 0 Å². The van der Waals surface area contributed by atoms with E-state index in [1.807, 2.05) is 12.1 Å². The molecule has 1 N–H and O–H groups in total. The van der Waals surface area contributed by atoms with Crippen molar-refractivity contribution < 1.29 is 9.90 Å². The van der Waals surface area contributed by atoms with E-state index in [4.69, 9.17) is 5.11 Å². The maximum absolute atomic E-state index is 10.9. The maximum Gasteiger partial charge on any atom is 0.335 e. The number of aromatic nitrogens is 1. The van der Waals surface area contributed by atoms with E-state index in [-0.39, 0.29) is 0 Å². The Balaban J connectivity index is 1.89. The van der Waals surface area contributed by atoms with Crippen molar-refractivity contribution in [2.24, 2.45) is 0 Å². The molecule has 0 amide bonds. The molecule has 1 aromatic heterocycles. The van der Waals surface area contributed by atoms with Gasteiger partial charge in [-0.05, 0) is 53.3 Å². The minimum Gasteiger partial charge on any atom is -0.478 e. The van der Waals surface area contributed by atoms with Gasteiger partial charge in [0.2, 0.25) is 0 Å². The van der Waals surface area contributed by atoms with Crippen LogP contribution in [0.3, 0.4) is 0 Å². The third-order valence-electron chi connectivity index (χ3n) is 3.80. The van der Waals surface area contributed by atoms with Crippen molar-refractivity contribution >= 4 is 16.9 Å². The summed E-state index contributed by atoms with van der Waals surface area (Å²) >= 11 is 0. The summed E-state index contributed by atoms with van der Waals surface area (Å²) in [5, 5.41) is 10.2. The van der Waals surface area contributed by atoms with Crippen molar-refractivity contribution in [3.05, 3.63) is 71.4 Å². The highest BCUT2D eigenvalue weighted by Crippen LogP contribution is 2.19. The number of rotatable bonds is 4. The molecule has 0 saturated heterocycles. The van der Waals surface area contributed by atoms with Crippen molar-refractivity contribution in [3.8, 4) is 0 Å². The fraction of sp³-hybridized carbons (Fsp3) is 0.167. The number of hydrogen-bond acceptors (Lipinski definition) is 1. The largest absolute Gasteiger partial charge is 0.478 e. The van der Waals surface area contributed by atoms with Crippen LogP contribution in [0.2, 0.25) is 0 Å². The molecule has 0 saturated carbocycles. The number of hydrogen-bond donors (Lipinski definition) is 1. The molecule has 0 aliphatic rings. The Morgan fingerprint density at radius 2 is 1.76 bits per heavy atom. The van der Waals surface area contributed by atoms with Crippen LogP contribution in [0, 0.1) is 0 Å². The minimum atomic E-state index is -0.889. The number of aromatic carboxylic acids is 1. The van der Waals surface area contributed by atoms with E-state index in [9.17, 15) is 4.79 Å². The van der Waals surface area contributed by atoms with Crippen LogP contribution < -0.4 is 0 Å². The molecule has 2 aromatic carbocycles. The first-order valence-corrected chi connectivity index (χ1v) is 7.07. The number of carboxylic acids is 1. The van der Waals surface area contributed by atoms with E-state index in [0.717, 1.165) is 18.5 Å². The first-order valence-electron chi connectivity index (χ1n) is 7.07. The smallest absolute Gasteiger partial charge is 0.335 e. The molecule has 3 aromatic rings. The van der Waals surface area contributed by atoms with Gasteiger partial charge < -0.3 is 9.67 Å². The molecule has 0 atom stereocenters. The second-order valence-corrected chi connectivity index (χ2v) is 5.19. The zero-order valence-corrected chi connectivity index (χ0v) is 11.9. The number of carbonyl (C=O) groups is 1. The Kier molecular flexibility index (Phi) is 3.48. The molecule has 3 rings (SSSR count). The minimum absolute atomic E-state index is 0.323. The molecule has 0 spiro atoms. The molecular weight excluding hydrogens is 262 g/mol. The summed E-state index contributed by atoms with van der Waals surface area (Å²) in [7, 11) is 0. The van der Waals surface area contributed by atoms with Gasteiger partial charge in [0, 0.05) is 18.3 Å². The van der Waals surface area contributed by atoms with Gasteiger partial charge in [-0.25, -0.2) is 4.79 Å². The van der Waals surface area contributed by atoms with Crippen molar-refractivity contribution in [2.75, 3.05) is 0 Å². The lowest BCUT2D eigenvalue weighted by Gasteiger charge is -2.07. The fourth-order valence-electron chi connectivity index (χ4n) is 2.56. The average Bonchev–Trinajstić information content (AvgIpc) is 2.90. The van der Waals surface area contributed by atoms with Gasteiger partial charge in [0.1, 0.15) is 0 Å². The molecule has 0 radical (unpaired) electrons. The Hall–Kier alpha value is -2.55. The van der Waals surface area contributed by atoms with Crippen molar-refractivity contribution in [1.82, 2.24) is 4.57 Å². The van der Waals surface area contributed by atoms with Gasteiger partial charge in [-0.1, -0.05) is 25.1 Å². The van der Waals surface area contributed by atoms with Crippen molar-refractivity contribution in [1.29, 1.82) is 0 Å². The number of aryl methyl sites for hydroxylation is 1. The molecule has 21 heavy (non-hydrogen) atoms. The summed E-state index contributed by atoms with van der Waals surface area (Å²) in [5.74, 6) is -0.889. The number of benzene rings is 2. The van der Waals surface area contributed by atoms with Gasteiger partial charge in [0.05, 0.1) is 5.56 Å². The lowest BCUT2D eigenvalue weighted by Crippen LogP contribution is -2.00. The summed E-state index contributed by atoms with van der Waals surface area (Å²) in [5.41, 5.74) is 3.96. The van der Waals surface area contributed by atoms with Crippen LogP contribution in [-0.4, -0.2) is 15.6 Å². The molecule has 0 unspecified atom stereocenters. The summed E-state index contributed by atoms with van der Waals surface area (Å²) in [4.78, 5) is 10.9. The van der Waals surface area contributed by atoms with Gasteiger partial charge in [-0.15, -0.1) is 0 Å². The van der Waals surface area contributed by atoms with Crippen LogP contribution >= 0.6 is 0 Å². The highest BCUT2D eigenvalue weighted by Gasteiger charge is 2.05. The van der Waals surface area contributed by atoms with Gasteiger partial charge in [0.15, 0.2) is 0 Å². The van der Waals surface area contributed by atoms with Crippen LogP contribution in [0.25, 0.3) is 10.9 Å². The normalized spacial score (nSPS) is 10.9. The third-order valence-corrected chi connectivity index (χ3v) is 3.80. The Bertz CT molecular complexity index is 785. The fourth-order valence-corrected chi connectivity index (χ4v) is 2.56. The Morgan fingerprint density at radius 3 is 2.43 bits per heavy atom. The lowest BCUT2D eigenvalue weighted by atomic mass is 10.1. The average molecular weight is 279 g/mol. The quantitative estimate of drug-likeness (QED) is 0.785. The monoisotopic (exact) mass is 279 g/mol. The summed E-state index contributed by atoms with van der Waals surface area (Å²) in [6.45, 7) is 2.90. The summed E-state index contributed by atoms with van der Waals surface area (Å²) < 4.78 is 2.19. The SMILES string of the molecule is CCc1ccc2c(ccn2Cc2ccc(C(=O)O)cc2)c1. The molecule has 3 heteroatoms. The predicted molar refractivity (Wildman–Crippen MR) is 83.8 cm³/mol. The van der Waals surface area contributed by atoms with Crippen LogP contribution in [-0.2, 0) is 13.0 Å². The van der Waals surface area contributed by atoms with Crippen molar-refractivity contribution in [3.63, 3.8) is 0 Å². The highest BCUT2D eigenvalue weighted by atomic mass is 16.4. The molecular formula is C18H17NO2. The molecule has 0 fully saturated rings. The van der Waals surface area contributed by atoms with E-state index in [1.54, 1.807) is 12.1 Å². The zero-order chi connectivity index (χ0) is 14.8. The number of carboxylic acid groups (broad SMARTS) is 1. The van der Waals surface area contributed by atoms with E-state index in [1.165, 1.54) is 16.5 Å². The molecule has 106 valence electrons. The standard InChI is InChI=1S/C18H17NO2/c1-2-13-5-8-17-16(11-13)9-10-19(17)12-14-3-6-15(7-4-14)18(20)21/h3-11H,2,12H2,1H3,(H,20,21). The zero-order valence-electron chi connectivity index (χ0n) is 11.9. The number of nitrogens with zero attached hydrogens (tertiary/aromatic N) is 1. The molecule has 0 aliphatic heterocycles. The predicted octanol–water partition coefficient (Wildman–Crippen LogP) is 3.95. The number of fused-ring (bicyclic) bond motifs is 1. The van der Waals surface area contributed by atoms with Gasteiger partial charge >= 0.3 is 5.97 Å². The van der Waals surface area contributed by atoms with Gasteiger partial charge in [-0.2, -0.15) is 0 Å². The van der Waals surface area contributed by atoms with E-state index < -0.39 is 5.97 Å². The van der Waals surface area contributed by atoms with Gasteiger partial charge in [0.25, 0.3) is 0 Å². The van der Waals surface area contributed by atoms with E-state index in [0.29, 0.717) is 5.56 Å². The van der Waals surface area contributed by atoms with Crippen LogP contribution in [0.1, 0.15) is 28.4 Å². The van der Waals surface area contributed by atoms with Crippen LogP contribution in [0.15, 0.2) is 54.7 Å². The Morgan fingerprint density at radius 1 is 1.05 bits per heavy atom. The highest BCUT2D eigenvalue weighted by molar-refractivity contribution is 5.87. The maximum atomic E-state index is 10.9. The second-order valence-electron chi connectivity index (χ2n) is 5.19. The van der Waals surface area contributed by atoms with E-state index in [2.05, 4.69) is 42.0 Å². The topological polar surface area (TPSA) is 42.2 Å². The van der Waals surface area contributed by atoms with Crippen molar-refractivity contribution in [2.45, 2.75) is 19.9 Å². The molecule has 3 nitrogen and oxygen atoms in total.